The highest BCUT2D eigenvalue weighted by atomic mass is 16.5. The van der Waals surface area contributed by atoms with Gasteiger partial charge in [0.15, 0.2) is 0 Å². The molecule has 3 nitrogen and oxygen atoms in total. The second-order valence-electron chi connectivity index (χ2n) is 4.62. The van der Waals surface area contributed by atoms with Crippen molar-refractivity contribution in [1.29, 1.82) is 0 Å². The molecule has 1 saturated carbocycles. The standard InChI is InChI=1S/C12H23NO2/c1-3-11(4-1)13-7-2-8-15-12-5-9-14-10-6-12/h11-13H,1-10H2. The van der Waals surface area contributed by atoms with Crippen LogP contribution < -0.4 is 5.32 Å². The Morgan fingerprint density at radius 3 is 2.60 bits per heavy atom. The fourth-order valence-corrected chi connectivity index (χ4v) is 2.08. The third-order valence-electron chi connectivity index (χ3n) is 3.38. The Balaban J connectivity index is 1.40. The van der Waals surface area contributed by atoms with Gasteiger partial charge in [0.2, 0.25) is 0 Å². The molecule has 88 valence electrons. The number of rotatable bonds is 6. The summed E-state index contributed by atoms with van der Waals surface area (Å²) in [4.78, 5) is 0. The van der Waals surface area contributed by atoms with Crippen molar-refractivity contribution in [2.24, 2.45) is 0 Å². The van der Waals surface area contributed by atoms with Gasteiger partial charge in [0, 0.05) is 25.9 Å². The molecule has 0 amide bonds. The van der Waals surface area contributed by atoms with Crippen LogP contribution in [0.5, 0.6) is 0 Å². The average molecular weight is 213 g/mol. The van der Waals surface area contributed by atoms with E-state index in [1.807, 2.05) is 0 Å². The van der Waals surface area contributed by atoms with Crippen LogP contribution in [0.15, 0.2) is 0 Å². The quantitative estimate of drug-likeness (QED) is 0.681. The van der Waals surface area contributed by atoms with Gasteiger partial charge in [0.05, 0.1) is 6.10 Å². The van der Waals surface area contributed by atoms with E-state index in [0.29, 0.717) is 6.10 Å². The molecule has 2 rings (SSSR count). The van der Waals surface area contributed by atoms with Crippen molar-refractivity contribution in [2.75, 3.05) is 26.4 Å². The molecule has 0 bridgehead atoms. The maximum absolute atomic E-state index is 5.80. The van der Waals surface area contributed by atoms with Crippen LogP contribution in [0.3, 0.4) is 0 Å². The minimum absolute atomic E-state index is 0.461. The Morgan fingerprint density at radius 2 is 1.93 bits per heavy atom. The van der Waals surface area contributed by atoms with Gasteiger partial charge in [-0.05, 0) is 38.6 Å². The monoisotopic (exact) mass is 213 g/mol. The van der Waals surface area contributed by atoms with E-state index in [2.05, 4.69) is 5.32 Å². The van der Waals surface area contributed by atoms with Gasteiger partial charge in [-0.2, -0.15) is 0 Å². The summed E-state index contributed by atoms with van der Waals surface area (Å²) in [5, 5.41) is 3.55. The zero-order valence-corrected chi connectivity index (χ0v) is 9.54. The highest BCUT2D eigenvalue weighted by Gasteiger charge is 2.16. The van der Waals surface area contributed by atoms with E-state index in [-0.39, 0.29) is 0 Å². The minimum Gasteiger partial charge on any atom is -0.381 e. The molecule has 0 radical (unpaired) electrons. The molecule has 1 aliphatic heterocycles. The van der Waals surface area contributed by atoms with E-state index in [1.54, 1.807) is 0 Å². The topological polar surface area (TPSA) is 30.5 Å². The van der Waals surface area contributed by atoms with Gasteiger partial charge in [0.25, 0.3) is 0 Å². The molecule has 0 spiro atoms. The maximum atomic E-state index is 5.80. The van der Waals surface area contributed by atoms with E-state index < -0.39 is 0 Å². The average Bonchev–Trinajstić information content (AvgIpc) is 2.22. The first-order valence-electron chi connectivity index (χ1n) is 6.38. The van der Waals surface area contributed by atoms with Crippen LogP contribution in [-0.4, -0.2) is 38.5 Å². The lowest BCUT2D eigenvalue weighted by atomic mass is 9.93. The van der Waals surface area contributed by atoms with Crippen LogP contribution in [0.1, 0.15) is 38.5 Å². The molecule has 0 aromatic carbocycles. The van der Waals surface area contributed by atoms with Gasteiger partial charge < -0.3 is 14.8 Å². The summed E-state index contributed by atoms with van der Waals surface area (Å²) in [5.74, 6) is 0. The summed E-state index contributed by atoms with van der Waals surface area (Å²) in [6.07, 6.45) is 7.93. The summed E-state index contributed by atoms with van der Waals surface area (Å²) in [6.45, 7) is 3.79. The van der Waals surface area contributed by atoms with E-state index in [9.17, 15) is 0 Å². The fraction of sp³-hybridized carbons (Fsp3) is 1.00. The molecular weight excluding hydrogens is 190 g/mol. The highest BCUT2D eigenvalue weighted by molar-refractivity contribution is 4.75. The Hall–Kier alpha value is -0.120. The van der Waals surface area contributed by atoms with E-state index in [4.69, 9.17) is 9.47 Å². The van der Waals surface area contributed by atoms with Crippen molar-refractivity contribution < 1.29 is 9.47 Å². The molecule has 1 aliphatic carbocycles. The Bertz CT molecular complexity index is 165. The van der Waals surface area contributed by atoms with E-state index in [0.717, 1.165) is 51.7 Å². The molecule has 1 N–H and O–H groups in total. The Kier molecular flexibility index (Phi) is 4.90. The molecule has 1 saturated heterocycles. The molecule has 0 unspecified atom stereocenters. The zero-order chi connectivity index (χ0) is 10.3. The van der Waals surface area contributed by atoms with Crippen LogP contribution in [0.25, 0.3) is 0 Å². The van der Waals surface area contributed by atoms with Crippen LogP contribution in [-0.2, 0) is 9.47 Å². The largest absolute Gasteiger partial charge is 0.381 e. The Morgan fingerprint density at radius 1 is 1.13 bits per heavy atom. The van der Waals surface area contributed by atoms with Crippen LogP contribution >= 0.6 is 0 Å². The van der Waals surface area contributed by atoms with Gasteiger partial charge in [-0.3, -0.25) is 0 Å². The molecule has 3 heteroatoms. The predicted octanol–water partition coefficient (Wildman–Crippen LogP) is 1.71. The number of ether oxygens (including phenoxy) is 2. The fourth-order valence-electron chi connectivity index (χ4n) is 2.08. The summed E-state index contributed by atoms with van der Waals surface area (Å²) >= 11 is 0. The number of nitrogens with one attached hydrogen (secondary N) is 1. The van der Waals surface area contributed by atoms with Gasteiger partial charge in [-0.15, -0.1) is 0 Å². The molecular formula is C12H23NO2. The lowest BCUT2D eigenvalue weighted by Crippen LogP contribution is -2.36. The molecule has 0 atom stereocenters. The third-order valence-corrected chi connectivity index (χ3v) is 3.38. The molecule has 15 heavy (non-hydrogen) atoms. The van der Waals surface area contributed by atoms with Gasteiger partial charge >= 0.3 is 0 Å². The predicted molar refractivity (Wildman–Crippen MR) is 60.1 cm³/mol. The van der Waals surface area contributed by atoms with Crippen molar-refractivity contribution in [3.63, 3.8) is 0 Å². The Labute approximate surface area is 92.5 Å². The SMILES string of the molecule is C(CNC1CCC1)COC1CCOCC1. The third kappa shape index (κ3) is 4.09. The van der Waals surface area contributed by atoms with Crippen molar-refractivity contribution in [3.8, 4) is 0 Å². The number of hydrogen-bond donors (Lipinski definition) is 1. The van der Waals surface area contributed by atoms with Crippen molar-refractivity contribution in [1.82, 2.24) is 5.32 Å². The van der Waals surface area contributed by atoms with Gasteiger partial charge in [0.1, 0.15) is 0 Å². The molecule has 2 fully saturated rings. The van der Waals surface area contributed by atoms with Gasteiger partial charge in [-0.25, -0.2) is 0 Å². The molecule has 0 aromatic heterocycles. The first kappa shape index (κ1) is 11.4. The normalized spacial score (nSPS) is 24.0. The highest BCUT2D eigenvalue weighted by Crippen LogP contribution is 2.17. The second kappa shape index (κ2) is 6.46. The molecule has 2 aliphatic rings. The molecule has 1 heterocycles. The maximum Gasteiger partial charge on any atom is 0.0619 e. The van der Waals surface area contributed by atoms with Crippen molar-refractivity contribution in [2.45, 2.75) is 50.7 Å². The van der Waals surface area contributed by atoms with Crippen molar-refractivity contribution >= 4 is 0 Å². The van der Waals surface area contributed by atoms with Gasteiger partial charge in [-0.1, -0.05) is 6.42 Å². The second-order valence-corrected chi connectivity index (χ2v) is 4.62. The van der Waals surface area contributed by atoms with Crippen LogP contribution in [0.2, 0.25) is 0 Å². The van der Waals surface area contributed by atoms with Crippen LogP contribution in [0.4, 0.5) is 0 Å². The number of hydrogen-bond acceptors (Lipinski definition) is 3. The lowest BCUT2D eigenvalue weighted by molar-refractivity contribution is -0.0323. The zero-order valence-electron chi connectivity index (χ0n) is 9.54. The minimum atomic E-state index is 0.461. The first-order chi connectivity index (χ1) is 7.45. The summed E-state index contributed by atoms with van der Waals surface area (Å²) < 4.78 is 11.1. The van der Waals surface area contributed by atoms with E-state index in [1.165, 1.54) is 19.3 Å². The smallest absolute Gasteiger partial charge is 0.0619 e. The van der Waals surface area contributed by atoms with Crippen molar-refractivity contribution in [3.05, 3.63) is 0 Å². The lowest BCUT2D eigenvalue weighted by Gasteiger charge is -2.27. The summed E-state index contributed by atoms with van der Waals surface area (Å²) in [5.41, 5.74) is 0. The summed E-state index contributed by atoms with van der Waals surface area (Å²) in [6, 6.07) is 0.813. The van der Waals surface area contributed by atoms with Crippen LogP contribution in [0, 0.1) is 0 Å². The summed E-state index contributed by atoms with van der Waals surface area (Å²) in [7, 11) is 0. The molecule has 0 aromatic rings. The first-order valence-corrected chi connectivity index (χ1v) is 6.38. The van der Waals surface area contributed by atoms with E-state index >= 15 is 0 Å².